The van der Waals surface area contributed by atoms with E-state index >= 15 is 0 Å². The molecule has 1 unspecified atom stereocenters. The van der Waals surface area contributed by atoms with Crippen molar-refractivity contribution in [3.63, 3.8) is 0 Å². The molecule has 1 atom stereocenters. The third-order valence-electron chi connectivity index (χ3n) is 7.51. The van der Waals surface area contributed by atoms with Gasteiger partial charge < -0.3 is 14.9 Å². The zero-order valence-corrected chi connectivity index (χ0v) is 27.1. The predicted molar refractivity (Wildman–Crippen MR) is 176 cm³/mol. The minimum absolute atomic E-state index is 0.0940. The van der Waals surface area contributed by atoms with E-state index in [0.29, 0.717) is 25.7 Å². The van der Waals surface area contributed by atoms with E-state index < -0.39 is 17.7 Å². The first kappa shape index (κ1) is 29.9. The van der Waals surface area contributed by atoms with Gasteiger partial charge in [-0.05, 0) is 75.4 Å². The van der Waals surface area contributed by atoms with Crippen LogP contribution in [-0.2, 0) is 15.3 Å². The Morgan fingerprint density at radius 3 is 2.61 bits per heavy atom. The number of aliphatic hydroxyl groups is 1. The van der Waals surface area contributed by atoms with E-state index in [1.165, 1.54) is 41.2 Å². The maximum Gasteiger partial charge on any atom is 0.301 e. The Morgan fingerprint density at radius 1 is 1.05 bits per heavy atom. The molecular formula is C33H26BrN3O5S2. The third kappa shape index (κ3) is 5.36. The molecule has 2 N–H and O–H groups in total. The molecule has 44 heavy (non-hydrogen) atoms. The maximum absolute atomic E-state index is 13.7. The van der Waals surface area contributed by atoms with E-state index in [1.54, 1.807) is 12.1 Å². The highest BCUT2D eigenvalue weighted by atomic mass is 79.9. The molecule has 0 radical (unpaired) electrons. The fourth-order valence-electron chi connectivity index (χ4n) is 5.30. The molecule has 1 saturated heterocycles. The van der Waals surface area contributed by atoms with Crippen LogP contribution < -0.4 is 9.64 Å². The normalized spacial score (nSPS) is 16.2. The van der Waals surface area contributed by atoms with Crippen LogP contribution in [0.2, 0.25) is 0 Å². The molecular weight excluding hydrogens is 662 g/mol. The summed E-state index contributed by atoms with van der Waals surface area (Å²) in [5, 5.41) is 33.3. The summed E-state index contributed by atoms with van der Waals surface area (Å²) in [6, 6.07) is 21.9. The fraction of sp³-hybridized carbons (Fsp3) is 0.152. The molecule has 0 saturated carbocycles. The topological polar surface area (TPSA) is 113 Å². The molecule has 0 spiro atoms. The number of Topliss-reactive ketones (excluding diaryl/α,β-unsaturated/α-hetero) is 1. The molecule has 1 amide bonds. The van der Waals surface area contributed by atoms with Gasteiger partial charge in [-0.2, -0.15) is 0 Å². The van der Waals surface area contributed by atoms with E-state index in [-0.39, 0.29) is 28.0 Å². The van der Waals surface area contributed by atoms with Crippen LogP contribution in [0.3, 0.4) is 0 Å². The zero-order chi connectivity index (χ0) is 31.1. The van der Waals surface area contributed by atoms with Crippen LogP contribution in [0, 0.1) is 13.8 Å². The molecule has 2 heterocycles. The summed E-state index contributed by atoms with van der Waals surface area (Å²) in [4.78, 5) is 28.6. The van der Waals surface area contributed by atoms with Crippen LogP contribution in [0.5, 0.6) is 11.5 Å². The predicted octanol–water partition coefficient (Wildman–Crippen LogP) is 7.70. The number of aliphatic hydroxyl groups excluding tert-OH is 1. The number of thioether (sulfide) groups is 1. The summed E-state index contributed by atoms with van der Waals surface area (Å²) in [7, 11) is 1.41. The average molecular weight is 689 g/mol. The standard InChI is InChI=1S/C33H26BrN3O5S2/c1-17-11-12-18(2)23(13-17)28(38)26-27(21-14-24(34)29(39)25(15-21)42-3)37(31(41)30(26)40)32-35-36-33(44-32)43-16-20-9-6-8-19-7-4-5-10-22(19)20/h4-15,27,38-39H,16H2,1-3H3/b28-26+. The number of ether oxygens (including phenoxy) is 1. The smallest absolute Gasteiger partial charge is 0.301 e. The summed E-state index contributed by atoms with van der Waals surface area (Å²) < 4.78 is 6.29. The van der Waals surface area contributed by atoms with Gasteiger partial charge in [-0.25, -0.2) is 0 Å². The van der Waals surface area contributed by atoms with E-state index in [9.17, 15) is 19.8 Å². The number of phenols is 1. The van der Waals surface area contributed by atoms with Crippen molar-refractivity contribution in [2.75, 3.05) is 12.0 Å². The molecule has 4 aromatic carbocycles. The summed E-state index contributed by atoms with van der Waals surface area (Å²) >= 11 is 6.03. The van der Waals surface area contributed by atoms with Crippen molar-refractivity contribution in [2.24, 2.45) is 0 Å². The highest BCUT2D eigenvalue weighted by molar-refractivity contribution is 9.10. The van der Waals surface area contributed by atoms with E-state index in [2.05, 4.69) is 50.4 Å². The first-order chi connectivity index (χ1) is 21.2. The number of hydrogen-bond donors (Lipinski definition) is 2. The molecule has 1 aliphatic heterocycles. The van der Waals surface area contributed by atoms with Crippen molar-refractivity contribution in [1.82, 2.24) is 10.2 Å². The second kappa shape index (κ2) is 12.1. The SMILES string of the molecule is COc1cc(C2/C(=C(\O)c3cc(C)ccc3C)C(=O)C(=O)N2c2nnc(SCc3cccc4ccccc34)s2)cc(Br)c1O. The van der Waals surface area contributed by atoms with Gasteiger partial charge in [0.15, 0.2) is 15.8 Å². The first-order valence-electron chi connectivity index (χ1n) is 13.6. The minimum atomic E-state index is -1.07. The van der Waals surface area contributed by atoms with Gasteiger partial charge in [0.2, 0.25) is 5.13 Å². The maximum atomic E-state index is 13.7. The second-order valence-electron chi connectivity index (χ2n) is 10.3. The Morgan fingerprint density at radius 2 is 1.82 bits per heavy atom. The van der Waals surface area contributed by atoms with Gasteiger partial charge >= 0.3 is 5.91 Å². The summed E-state index contributed by atoms with van der Waals surface area (Å²) in [5.74, 6) is -1.35. The molecule has 11 heteroatoms. The largest absolute Gasteiger partial charge is 0.507 e. The molecule has 0 aliphatic carbocycles. The van der Waals surface area contributed by atoms with Crippen LogP contribution in [0.1, 0.15) is 33.9 Å². The van der Waals surface area contributed by atoms with E-state index in [0.717, 1.165) is 27.5 Å². The number of rotatable bonds is 7. The number of carbonyl (C=O) groups excluding carboxylic acids is 2. The number of nitrogens with zero attached hydrogens (tertiary/aromatic N) is 3. The highest BCUT2D eigenvalue weighted by Crippen LogP contribution is 2.47. The van der Waals surface area contributed by atoms with Crippen LogP contribution in [0.15, 0.2) is 87.2 Å². The summed E-state index contributed by atoms with van der Waals surface area (Å²) in [6.07, 6.45) is 0. The van der Waals surface area contributed by atoms with Crippen molar-refractivity contribution in [2.45, 2.75) is 30.0 Å². The number of halogens is 1. The Kier molecular flexibility index (Phi) is 8.19. The number of aromatic hydroxyl groups is 1. The number of carbonyl (C=O) groups is 2. The molecule has 5 aromatic rings. The molecule has 222 valence electrons. The van der Waals surface area contributed by atoms with Crippen molar-refractivity contribution in [3.8, 4) is 11.5 Å². The van der Waals surface area contributed by atoms with Gasteiger partial charge in [-0.1, -0.05) is 83.3 Å². The molecule has 1 fully saturated rings. The monoisotopic (exact) mass is 687 g/mol. The highest BCUT2D eigenvalue weighted by Gasteiger charge is 2.49. The lowest BCUT2D eigenvalue weighted by Gasteiger charge is -2.23. The van der Waals surface area contributed by atoms with Gasteiger partial charge in [-0.3, -0.25) is 14.5 Å². The molecule has 1 aromatic heterocycles. The van der Waals surface area contributed by atoms with Gasteiger partial charge in [0.25, 0.3) is 5.78 Å². The average Bonchev–Trinajstić information content (AvgIpc) is 3.59. The van der Waals surface area contributed by atoms with Gasteiger partial charge in [-0.15, -0.1) is 10.2 Å². The zero-order valence-electron chi connectivity index (χ0n) is 23.9. The number of ketones is 1. The van der Waals surface area contributed by atoms with E-state index in [1.807, 2.05) is 44.2 Å². The van der Waals surface area contributed by atoms with Crippen molar-refractivity contribution < 1.29 is 24.5 Å². The molecule has 0 bridgehead atoms. The Balaban J connectivity index is 1.43. The fourth-order valence-corrected chi connectivity index (χ4v) is 7.64. The summed E-state index contributed by atoms with van der Waals surface area (Å²) in [6.45, 7) is 3.71. The van der Waals surface area contributed by atoms with Crippen molar-refractivity contribution in [3.05, 3.63) is 111 Å². The Labute approximate surface area is 270 Å². The van der Waals surface area contributed by atoms with Crippen molar-refractivity contribution >= 4 is 72.4 Å². The number of hydrogen-bond acceptors (Lipinski definition) is 9. The molecule has 8 nitrogen and oxygen atoms in total. The van der Waals surface area contributed by atoms with Crippen molar-refractivity contribution in [1.29, 1.82) is 0 Å². The number of aryl methyl sites for hydroxylation is 2. The van der Waals surface area contributed by atoms with Crippen LogP contribution >= 0.6 is 39.0 Å². The van der Waals surface area contributed by atoms with Crippen LogP contribution in [0.25, 0.3) is 16.5 Å². The van der Waals surface area contributed by atoms with Crippen LogP contribution in [0.4, 0.5) is 5.13 Å². The lowest BCUT2D eigenvalue weighted by molar-refractivity contribution is -0.132. The number of anilines is 1. The Bertz CT molecular complexity index is 1980. The Hall–Kier alpha value is -4.19. The van der Waals surface area contributed by atoms with E-state index in [4.69, 9.17) is 4.74 Å². The second-order valence-corrected chi connectivity index (χ2v) is 13.4. The van der Waals surface area contributed by atoms with Gasteiger partial charge in [0, 0.05) is 11.3 Å². The number of fused-ring (bicyclic) bond motifs is 1. The van der Waals surface area contributed by atoms with Gasteiger partial charge in [0.1, 0.15) is 5.76 Å². The first-order valence-corrected chi connectivity index (χ1v) is 16.2. The number of benzene rings is 4. The molecule has 6 rings (SSSR count). The lowest BCUT2D eigenvalue weighted by Crippen LogP contribution is -2.29. The number of phenolic OH excluding ortho intramolecular Hbond substituents is 1. The third-order valence-corrected chi connectivity index (χ3v) is 10.2. The molecule has 1 aliphatic rings. The quantitative estimate of drug-likeness (QED) is 0.0588. The number of aromatic nitrogens is 2. The number of amides is 1. The number of methoxy groups -OCH3 is 1. The summed E-state index contributed by atoms with van der Waals surface area (Å²) in [5.41, 5.74) is 3.54. The lowest BCUT2D eigenvalue weighted by atomic mass is 9.93. The van der Waals surface area contributed by atoms with Crippen LogP contribution in [-0.4, -0.2) is 39.2 Å². The van der Waals surface area contributed by atoms with Gasteiger partial charge in [0.05, 0.1) is 23.2 Å². The minimum Gasteiger partial charge on any atom is -0.507 e.